The summed E-state index contributed by atoms with van der Waals surface area (Å²) in [5.41, 5.74) is 2.38. The minimum atomic E-state index is -4.43. The van der Waals surface area contributed by atoms with E-state index in [0.717, 1.165) is 30.7 Å². The molecule has 3 aromatic rings. The largest absolute Gasteiger partial charge is 0.416 e. The van der Waals surface area contributed by atoms with E-state index in [1.165, 1.54) is 34.7 Å². The van der Waals surface area contributed by atoms with E-state index in [-0.39, 0.29) is 28.8 Å². The zero-order valence-electron chi connectivity index (χ0n) is 20.9. The fraction of sp³-hybridized carbons (Fsp3) is 0.267. The molecule has 4 nitrogen and oxygen atoms in total. The second-order valence-electron chi connectivity index (χ2n) is 9.80. The number of ketones is 1. The Hall–Kier alpha value is -3.17. The van der Waals surface area contributed by atoms with Gasteiger partial charge in [0.25, 0.3) is 0 Å². The molecule has 1 aliphatic carbocycles. The minimum absolute atomic E-state index is 0.0117. The number of hydrogen-bond donors (Lipinski definition) is 0. The van der Waals surface area contributed by atoms with Crippen molar-refractivity contribution in [3.8, 4) is 0 Å². The highest BCUT2D eigenvalue weighted by molar-refractivity contribution is 8.06. The monoisotopic (exact) mass is 569 g/mol. The summed E-state index contributed by atoms with van der Waals surface area (Å²) < 4.78 is 63.7. The Morgan fingerprint density at radius 3 is 2.36 bits per heavy atom. The molecule has 1 aromatic heterocycles. The Balaban J connectivity index is 1.12. The Labute approximate surface area is 230 Å². The average Bonchev–Trinajstić information content (AvgIpc) is 3.71. The molecule has 2 heterocycles. The number of carbonyl (C=O) groups is 1. The van der Waals surface area contributed by atoms with E-state index in [1.54, 1.807) is 30.1 Å². The van der Waals surface area contributed by atoms with Crippen molar-refractivity contribution in [1.29, 1.82) is 0 Å². The average molecular weight is 570 g/mol. The maximum absolute atomic E-state index is 12.9. The smallest absolute Gasteiger partial charge is 0.294 e. The number of halogens is 3. The quantitative estimate of drug-likeness (QED) is 0.252. The van der Waals surface area contributed by atoms with Gasteiger partial charge in [-0.15, -0.1) is 11.8 Å². The van der Waals surface area contributed by atoms with Crippen LogP contribution in [0.15, 0.2) is 94.2 Å². The number of rotatable bonds is 9. The van der Waals surface area contributed by atoms with E-state index in [4.69, 9.17) is 0 Å². The van der Waals surface area contributed by atoms with Crippen LogP contribution in [0.5, 0.6) is 0 Å². The van der Waals surface area contributed by atoms with Gasteiger partial charge in [0.2, 0.25) is 0 Å². The zero-order valence-corrected chi connectivity index (χ0v) is 22.5. The van der Waals surface area contributed by atoms with Gasteiger partial charge in [0.05, 0.1) is 21.9 Å². The van der Waals surface area contributed by atoms with E-state index >= 15 is 0 Å². The van der Waals surface area contributed by atoms with E-state index < -0.39 is 21.6 Å². The lowest BCUT2D eigenvalue weighted by Gasteiger charge is -2.13. The number of allylic oxidation sites excluding steroid dienone is 3. The predicted molar refractivity (Wildman–Crippen MR) is 147 cm³/mol. The SMILES string of the molecule is O=C(CC1CC1C1=CCC(c2ccccn2)=CS1)c1ccc(S(=O)(=O)CCc2ccc(C(F)(F)F)cc2)cc1. The molecule has 5 rings (SSSR count). The van der Waals surface area contributed by atoms with E-state index in [1.807, 2.05) is 18.2 Å². The number of thioether (sulfide) groups is 1. The van der Waals surface area contributed by atoms with Gasteiger partial charge >= 0.3 is 6.18 Å². The van der Waals surface area contributed by atoms with Crippen molar-refractivity contribution in [3.05, 3.63) is 112 Å². The number of alkyl halides is 3. The van der Waals surface area contributed by atoms with Crippen molar-refractivity contribution in [1.82, 2.24) is 4.98 Å². The summed E-state index contributed by atoms with van der Waals surface area (Å²) >= 11 is 1.70. The molecule has 39 heavy (non-hydrogen) atoms. The lowest BCUT2D eigenvalue weighted by atomic mass is 10.0. The highest BCUT2D eigenvalue weighted by Crippen LogP contribution is 2.52. The fourth-order valence-corrected chi connectivity index (χ4v) is 7.09. The van der Waals surface area contributed by atoms with Crippen LogP contribution in [0.2, 0.25) is 0 Å². The lowest BCUT2D eigenvalue weighted by molar-refractivity contribution is -0.137. The van der Waals surface area contributed by atoms with E-state index in [9.17, 15) is 26.4 Å². The van der Waals surface area contributed by atoms with Crippen molar-refractivity contribution in [2.75, 3.05) is 5.75 Å². The number of Topliss-reactive ketones (excluding diaryl/α,β-unsaturated/α-hetero) is 1. The lowest BCUT2D eigenvalue weighted by Crippen LogP contribution is -2.10. The number of nitrogens with zero attached hydrogens (tertiary/aromatic N) is 1. The van der Waals surface area contributed by atoms with Gasteiger partial charge in [0.15, 0.2) is 15.6 Å². The van der Waals surface area contributed by atoms with Crippen LogP contribution in [0.3, 0.4) is 0 Å². The molecule has 2 unspecified atom stereocenters. The summed E-state index contributed by atoms with van der Waals surface area (Å²) in [6.45, 7) is 0. The molecule has 0 spiro atoms. The second kappa shape index (κ2) is 11.1. The molecule has 9 heteroatoms. The normalized spacial score (nSPS) is 19.3. The molecule has 1 fully saturated rings. The van der Waals surface area contributed by atoms with Crippen molar-refractivity contribution in [2.24, 2.45) is 11.8 Å². The summed E-state index contributed by atoms with van der Waals surface area (Å²) in [5.74, 6) is 0.416. The van der Waals surface area contributed by atoms with E-state index in [2.05, 4.69) is 16.5 Å². The Bertz CT molecular complexity index is 1510. The first-order valence-electron chi connectivity index (χ1n) is 12.6. The van der Waals surface area contributed by atoms with Crippen LogP contribution in [-0.4, -0.2) is 24.9 Å². The Morgan fingerprint density at radius 1 is 1.00 bits per heavy atom. The first-order chi connectivity index (χ1) is 18.6. The first kappa shape index (κ1) is 27.4. The number of aryl methyl sites for hydroxylation is 1. The van der Waals surface area contributed by atoms with Gasteiger partial charge in [-0.3, -0.25) is 9.78 Å². The minimum Gasteiger partial charge on any atom is -0.294 e. The first-order valence-corrected chi connectivity index (χ1v) is 15.1. The van der Waals surface area contributed by atoms with Crippen LogP contribution in [0.4, 0.5) is 13.2 Å². The third-order valence-electron chi connectivity index (χ3n) is 7.07. The van der Waals surface area contributed by atoms with Crippen LogP contribution in [0.25, 0.3) is 5.57 Å². The zero-order chi connectivity index (χ0) is 27.6. The number of benzene rings is 2. The maximum atomic E-state index is 12.9. The van der Waals surface area contributed by atoms with Gasteiger partial charge in [0.1, 0.15) is 0 Å². The molecule has 0 N–H and O–H groups in total. The Morgan fingerprint density at radius 2 is 1.74 bits per heavy atom. The molecule has 0 amide bonds. The molecule has 0 bridgehead atoms. The topological polar surface area (TPSA) is 64.1 Å². The van der Waals surface area contributed by atoms with Crippen molar-refractivity contribution in [3.63, 3.8) is 0 Å². The summed E-state index contributed by atoms with van der Waals surface area (Å²) in [5, 5.41) is 2.14. The van der Waals surface area contributed by atoms with Gasteiger partial charge in [-0.25, -0.2) is 8.42 Å². The predicted octanol–water partition coefficient (Wildman–Crippen LogP) is 7.39. The number of carbonyl (C=O) groups excluding carboxylic acids is 1. The summed E-state index contributed by atoms with van der Waals surface area (Å²) in [7, 11) is -3.65. The summed E-state index contributed by atoms with van der Waals surface area (Å²) in [6.07, 6.45) is 1.88. The van der Waals surface area contributed by atoms with E-state index in [0.29, 0.717) is 23.5 Å². The van der Waals surface area contributed by atoms with Crippen LogP contribution in [-0.2, 0) is 22.4 Å². The molecule has 2 aromatic carbocycles. The number of pyridine rings is 1. The van der Waals surface area contributed by atoms with Crippen molar-refractivity contribution >= 4 is 33.0 Å². The fourth-order valence-electron chi connectivity index (χ4n) is 4.66. The molecule has 1 saturated carbocycles. The van der Waals surface area contributed by atoms with Crippen LogP contribution < -0.4 is 0 Å². The van der Waals surface area contributed by atoms with Crippen LogP contribution in [0, 0.1) is 11.8 Å². The van der Waals surface area contributed by atoms with Crippen LogP contribution in [0.1, 0.15) is 46.4 Å². The van der Waals surface area contributed by atoms with Crippen molar-refractivity contribution in [2.45, 2.75) is 36.8 Å². The highest BCUT2D eigenvalue weighted by atomic mass is 32.2. The number of sulfone groups is 1. The highest BCUT2D eigenvalue weighted by Gasteiger charge is 2.41. The van der Waals surface area contributed by atoms with Crippen LogP contribution >= 0.6 is 11.8 Å². The van der Waals surface area contributed by atoms with Gasteiger partial charge in [-0.2, -0.15) is 13.2 Å². The summed E-state index contributed by atoms with van der Waals surface area (Å²) in [6, 6.07) is 16.3. The molecule has 0 radical (unpaired) electrons. The van der Waals surface area contributed by atoms with Gasteiger partial charge in [0, 0.05) is 18.2 Å². The standard InChI is InChI=1S/C30H26F3NO3S2/c31-30(32,33)24-9-4-20(5-10-24)14-16-39(36,37)25-11-6-21(7-12-25)28(35)18-23-17-26(23)29-13-8-22(19-38-29)27-3-1-2-15-34-27/h1-7,9-13,15,19,23,26H,8,14,16-18H2. The molecule has 2 aliphatic rings. The molecular formula is C30H26F3NO3S2. The maximum Gasteiger partial charge on any atom is 0.416 e. The van der Waals surface area contributed by atoms with Gasteiger partial charge in [-0.1, -0.05) is 36.4 Å². The Kier molecular flexibility index (Phi) is 7.82. The summed E-state index contributed by atoms with van der Waals surface area (Å²) in [4.78, 5) is 18.6. The van der Waals surface area contributed by atoms with Gasteiger partial charge < -0.3 is 0 Å². The number of hydrogen-bond acceptors (Lipinski definition) is 5. The van der Waals surface area contributed by atoms with Crippen molar-refractivity contribution < 1.29 is 26.4 Å². The second-order valence-corrected chi connectivity index (χ2v) is 12.9. The molecule has 2 atom stereocenters. The molecule has 1 aliphatic heterocycles. The number of aromatic nitrogens is 1. The molecule has 0 saturated heterocycles. The van der Waals surface area contributed by atoms with Gasteiger partial charge in [-0.05, 0) is 88.9 Å². The molecular weight excluding hydrogens is 543 g/mol. The third-order valence-corrected chi connectivity index (χ3v) is 9.94. The molecule has 202 valence electrons. The third kappa shape index (κ3) is 6.70.